The van der Waals surface area contributed by atoms with E-state index >= 15 is 0 Å². The summed E-state index contributed by atoms with van der Waals surface area (Å²) in [7, 11) is -3.54. The van der Waals surface area contributed by atoms with Gasteiger partial charge in [0.1, 0.15) is 5.75 Å². The molecule has 0 radical (unpaired) electrons. The van der Waals surface area contributed by atoms with Crippen molar-refractivity contribution in [2.45, 2.75) is 17.4 Å². The minimum Gasteiger partial charge on any atom is -0.478 e. The van der Waals surface area contributed by atoms with E-state index in [1.165, 1.54) is 22.1 Å². The number of nitrogens with zero attached hydrogens (tertiary/aromatic N) is 1. The van der Waals surface area contributed by atoms with Crippen molar-refractivity contribution >= 4 is 50.7 Å². The van der Waals surface area contributed by atoms with Crippen molar-refractivity contribution in [1.82, 2.24) is 0 Å². The fourth-order valence-electron chi connectivity index (χ4n) is 2.84. The predicted octanol–water partition coefficient (Wildman–Crippen LogP) is 3.62. The van der Waals surface area contributed by atoms with Crippen LogP contribution in [0.5, 0.6) is 5.75 Å². The summed E-state index contributed by atoms with van der Waals surface area (Å²) in [6, 6.07) is 12.2. The molecule has 6 nitrogen and oxygen atoms in total. The Labute approximate surface area is 167 Å². The smallest absolute Gasteiger partial charge is 0.265 e. The maximum atomic E-state index is 12.8. The van der Waals surface area contributed by atoms with Crippen LogP contribution in [0.25, 0.3) is 0 Å². The Morgan fingerprint density at radius 1 is 1.30 bits per heavy atom. The molecule has 1 aliphatic heterocycles. The topological polar surface area (TPSA) is 75.7 Å². The first-order valence-electron chi connectivity index (χ1n) is 8.17. The molecule has 0 aliphatic carbocycles. The van der Waals surface area contributed by atoms with Crippen LogP contribution in [0.4, 0.5) is 11.4 Å². The van der Waals surface area contributed by atoms with Crippen molar-refractivity contribution in [2.75, 3.05) is 28.7 Å². The standard InChI is InChI=1S/C18H19ClN2O4S2/c1-26-17-6-4-3-5-13(17)20-18(22)16-9-10-21(27(2,23)24)14-11-12(19)7-8-15(14)25-16/h3-8,11,16H,9-10H2,1-2H3,(H,20,22). The largest absolute Gasteiger partial charge is 0.478 e. The second-order valence-corrected chi connectivity index (χ2v) is 9.22. The molecule has 0 aromatic heterocycles. The van der Waals surface area contributed by atoms with E-state index < -0.39 is 16.1 Å². The number of ether oxygens (including phenoxy) is 1. The molecule has 3 rings (SSSR count). The number of hydrogen-bond donors (Lipinski definition) is 1. The van der Waals surface area contributed by atoms with Crippen LogP contribution < -0.4 is 14.4 Å². The van der Waals surface area contributed by atoms with Gasteiger partial charge >= 0.3 is 0 Å². The van der Waals surface area contributed by atoms with E-state index in [0.717, 1.165) is 11.2 Å². The monoisotopic (exact) mass is 426 g/mol. The van der Waals surface area contributed by atoms with Gasteiger partial charge < -0.3 is 10.1 Å². The lowest BCUT2D eigenvalue weighted by Gasteiger charge is -2.21. The maximum Gasteiger partial charge on any atom is 0.265 e. The van der Waals surface area contributed by atoms with Crippen molar-refractivity contribution in [2.24, 2.45) is 0 Å². The second kappa shape index (κ2) is 8.00. The number of anilines is 2. The van der Waals surface area contributed by atoms with Crippen LogP contribution in [-0.2, 0) is 14.8 Å². The molecule has 1 N–H and O–H groups in total. The first-order chi connectivity index (χ1) is 12.8. The van der Waals surface area contributed by atoms with Gasteiger partial charge in [-0.25, -0.2) is 8.42 Å². The molecule has 1 aliphatic rings. The summed E-state index contributed by atoms with van der Waals surface area (Å²) < 4.78 is 31.5. The van der Waals surface area contributed by atoms with Gasteiger partial charge in [-0.05, 0) is 36.6 Å². The molecule has 0 saturated heterocycles. The van der Waals surface area contributed by atoms with Crippen LogP contribution in [0.1, 0.15) is 6.42 Å². The van der Waals surface area contributed by atoms with Gasteiger partial charge in [-0.3, -0.25) is 9.10 Å². The molecule has 0 fully saturated rings. The Bertz CT molecular complexity index is 966. The molecule has 2 aromatic carbocycles. The predicted molar refractivity (Wildman–Crippen MR) is 110 cm³/mol. The number of thioether (sulfide) groups is 1. The normalized spacial score (nSPS) is 16.9. The van der Waals surface area contributed by atoms with Crippen molar-refractivity contribution in [3.8, 4) is 5.75 Å². The number of amides is 1. The number of fused-ring (bicyclic) bond motifs is 1. The van der Waals surface area contributed by atoms with E-state index in [4.69, 9.17) is 16.3 Å². The van der Waals surface area contributed by atoms with E-state index in [2.05, 4.69) is 5.32 Å². The summed E-state index contributed by atoms with van der Waals surface area (Å²) in [6.07, 6.45) is 2.43. The van der Waals surface area contributed by atoms with E-state index in [-0.39, 0.29) is 18.9 Å². The van der Waals surface area contributed by atoms with Crippen molar-refractivity contribution in [3.63, 3.8) is 0 Å². The molecule has 0 bridgehead atoms. The minimum absolute atomic E-state index is 0.119. The van der Waals surface area contributed by atoms with Gasteiger partial charge in [0.15, 0.2) is 6.10 Å². The quantitative estimate of drug-likeness (QED) is 0.755. The Balaban J connectivity index is 1.89. The summed E-state index contributed by atoms with van der Waals surface area (Å²) in [5.41, 5.74) is 1.03. The van der Waals surface area contributed by atoms with Gasteiger partial charge in [0.25, 0.3) is 5.91 Å². The van der Waals surface area contributed by atoms with Gasteiger partial charge in [0.2, 0.25) is 10.0 Å². The Hall–Kier alpha value is -1.90. The van der Waals surface area contributed by atoms with Crippen LogP contribution >= 0.6 is 23.4 Å². The highest BCUT2D eigenvalue weighted by Gasteiger charge is 2.31. The number of rotatable bonds is 4. The number of hydrogen-bond acceptors (Lipinski definition) is 5. The van der Waals surface area contributed by atoms with Gasteiger partial charge in [0.05, 0.1) is 17.6 Å². The summed E-state index contributed by atoms with van der Waals surface area (Å²) in [4.78, 5) is 13.7. The van der Waals surface area contributed by atoms with Gasteiger partial charge in [-0.15, -0.1) is 11.8 Å². The Morgan fingerprint density at radius 3 is 2.74 bits per heavy atom. The summed E-state index contributed by atoms with van der Waals surface area (Å²) in [5.74, 6) is -0.0200. The number of carbonyl (C=O) groups is 1. The summed E-state index contributed by atoms with van der Waals surface area (Å²) >= 11 is 7.55. The zero-order valence-corrected chi connectivity index (χ0v) is 17.2. The molecule has 144 valence electrons. The average molecular weight is 427 g/mol. The Kier molecular flexibility index (Phi) is 5.88. The average Bonchev–Trinajstić information content (AvgIpc) is 2.81. The number of halogens is 1. The maximum absolute atomic E-state index is 12.8. The molecule has 1 heterocycles. The van der Waals surface area contributed by atoms with Crippen LogP contribution in [0.3, 0.4) is 0 Å². The number of benzene rings is 2. The lowest BCUT2D eigenvalue weighted by molar-refractivity contribution is -0.122. The highest BCUT2D eigenvalue weighted by molar-refractivity contribution is 7.98. The molecule has 0 saturated carbocycles. The highest BCUT2D eigenvalue weighted by Crippen LogP contribution is 2.36. The summed E-state index contributed by atoms with van der Waals surface area (Å²) in [5, 5.41) is 3.27. The van der Waals surface area contributed by atoms with E-state index in [1.807, 2.05) is 30.5 Å². The fraction of sp³-hybridized carbons (Fsp3) is 0.278. The third-order valence-corrected chi connectivity index (χ3v) is 6.32. The molecule has 9 heteroatoms. The third kappa shape index (κ3) is 4.51. The molecule has 2 aromatic rings. The van der Waals surface area contributed by atoms with Crippen LogP contribution in [0.15, 0.2) is 47.4 Å². The highest BCUT2D eigenvalue weighted by atomic mass is 35.5. The zero-order valence-electron chi connectivity index (χ0n) is 14.8. The van der Waals surface area contributed by atoms with Crippen molar-refractivity contribution in [3.05, 3.63) is 47.5 Å². The molecular formula is C18H19ClN2O4S2. The number of sulfonamides is 1. The minimum atomic E-state index is -3.54. The van der Waals surface area contributed by atoms with Crippen molar-refractivity contribution in [1.29, 1.82) is 0 Å². The van der Waals surface area contributed by atoms with E-state index in [0.29, 0.717) is 22.1 Å². The molecule has 1 atom stereocenters. The lowest BCUT2D eigenvalue weighted by atomic mass is 10.2. The van der Waals surface area contributed by atoms with E-state index in [9.17, 15) is 13.2 Å². The molecular weight excluding hydrogens is 408 g/mol. The summed E-state index contributed by atoms with van der Waals surface area (Å²) in [6.45, 7) is 0.119. The number of carbonyl (C=O) groups excluding carboxylic acids is 1. The zero-order chi connectivity index (χ0) is 19.6. The van der Waals surface area contributed by atoms with Gasteiger partial charge in [-0.2, -0.15) is 0 Å². The second-order valence-electron chi connectivity index (χ2n) is 6.03. The SMILES string of the molecule is CSc1ccccc1NC(=O)C1CCN(S(C)(=O)=O)c2cc(Cl)ccc2O1. The Morgan fingerprint density at radius 2 is 2.04 bits per heavy atom. The fourth-order valence-corrected chi connectivity index (χ4v) is 4.50. The number of nitrogens with one attached hydrogen (secondary N) is 1. The number of para-hydroxylation sites is 1. The molecule has 0 spiro atoms. The third-order valence-electron chi connectivity index (χ3n) is 4.11. The van der Waals surface area contributed by atoms with E-state index in [1.54, 1.807) is 12.1 Å². The first-order valence-corrected chi connectivity index (χ1v) is 11.6. The molecule has 1 unspecified atom stereocenters. The molecule has 27 heavy (non-hydrogen) atoms. The van der Waals surface area contributed by atoms with Gasteiger partial charge in [-0.1, -0.05) is 23.7 Å². The molecule has 1 amide bonds. The lowest BCUT2D eigenvalue weighted by Crippen LogP contribution is -2.36. The van der Waals surface area contributed by atoms with Crippen LogP contribution in [-0.4, -0.2) is 39.5 Å². The van der Waals surface area contributed by atoms with Crippen molar-refractivity contribution < 1.29 is 17.9 Å². The van der Waals surface area contributed by atoms with Crippen LogP contribution in [0.2, 0.25) is 5.02 Å². The van der Waals surface area contributed by atoms with Crippen LogP contribution in [0, 0.1) is 0 Å². The first kappa shape index (κ1) is 19.9. The van der Waals surface area contributed by atoms with Gasteiger partial charge in [0, 0.05) is 22.9 Å².